The SMILES string of the molecule is C=COC=CC(C)(C)CC. The fraction of sp³-hybridized carbons (Fsp3) is 0.556. The van der Waals surface area contributed by atoms with Gasteiger partial charge in [-0.15, -0.1) is 0 Å². The molecule has 0 aromatic heterocycles. The average Bonchev–Trinajstić information content (AvgIpc) is 1.89. The van der Waals surface area contributed by atoms with Crippen molar-refractivity contribution in [2.45, 2.75) is 27.2 Å². The summed E-state index contributed by atoms with van der Waals surface area (Å²) >= 11 is 0. The Morgan fingerprint density at radius 2 is 2.10 bits per heavy atom. The lowest BCUT2D eigenvalue weighted by atomic mass is 9.91. The molecule has 0 aliphatic rings. The van der Waals surface area contributed by atoms with Gasteiger partial charge in [0, 0.05) is 0 Å². The predicted molar refractivity (Wildman–Crippen MR) is 44.5 cm³/mol. The highest BCUT2D eigenvalue weighted by atomic mass is 16.5. The van der Waals surface area contributed by atoms with E-state index in [2.05, 4.69) is 27.4 Å². The minimum absolute atomic E-state index is 0.239. The van der Waals surface area contributed by atoms with Gasteiger partial charge in [0.2, 0.25) is 0 Å². The molecule has 0 atom stereocenters. The number of hydrogen-bond acceptors (Lipinski definition) is 1. The van der Waals surface area contributed by atoms with Crippen molar-refractivity contribution in [1.82, 2.24) is 0 Å². The molecule has 0 saturated carbocycles. The van der Waals surface area contributed by atoms with Crippen LogP contribution in [0.2, 0.25) is 0 Å². The highest BCUT2D eigenvalue weighted by Gasteiger charge is 2.08. The van der Waals surface area contributed by atoms with Gasteiger partial charge in [-0.25, -0.2) is 0 Å². The van der Waals surface area contributed by atoms with Crippen LogP contribution in [0.1, 0.15) is 27.2 Å². The Bertz CT molecular complexity index is 123. The second kappa shape index (κ2) is 4.15. The highest BCUT2D eigenvalue weighted by Crippen LogP contribution is 2.20. The van der Waals surface area contributed by atoms with Crippen LogP contribution in [0, 0.1) is 5.41 Å². The lowest BCUT2D eigenvalue weighted by molar-refractivity contribution is 0.380. The van der Waals surface area contributed by atoms with Gasteiger partial charge >= 0.3 is 0 Å². The highest BCUT2D eigenvalue weighted by molar-refractivity contribution is 4.90. The Balaban J connectivity index is 3.73. The molecule has 0 radical (unpaired) electrons. The van der Waals surface area contributed by atoms with E-state index >= 15 is 0 Å². The van der Waals surface area contributed by atoms with Gasteiger partial charge in [-0.2, -0.15) is 0 Å². The molecule has 0 aromatic rings. The number of allylic oxidation sites excluding steroid dienone is 1. The zero-order valence-electron chi connectivity index (χ0n) is 7.05. The van der Waals surface area contributed by atoms with Crippen molar-refractivity contribution in [3.63, 3.8) is 0 Å². The van der Waals surface area contributed by atoms with Gasteiger partial charge in [0.1, 0.15) is 0 Å². The van der Waals surface area contributed by atoms with Crippen molar-refractivity contribution in [3.8, 4) is 0 Å². The molecular formula is C9H16O. The zero-order valence-corrected chi connectivity index (χ0v) is 7.05. The first-order chi connectivity index (χ1) is 4.62. The van der Waals surface area contributed by atoms with Gasteiger partial charge in [-0.3, -0.25) is 0 Å². The molecule has 58 valence electrons. The first-order valence-corrected chi connectivity index (χ1v) is 3.56. The van der Waals surface area contributed by atoms with Gasteiger partial charge in [0.25, 0.3) is 0 Å². The van der Waals surface area contributed by atoms with Crippen LogP contribution >= 0.6 is 0 Å². The quantitative estimate of drug-likeness (QED) is 0.545. The average molecular weight is 140 g/mol. The van der Waals surface area contributed by atoms with Crippen molar-refractivity contribution in [2.75, 3.05) is 0 Å². The van der Waals surface area contributed by atoms with Crippen LogP contribution < -0.4 is 0 Å². The molecule has 0 saturated heterocycles. The number of rotatable bonds is 4. The third kappa shape index (κ3) is 4.19. The van der Waals surface area contributed by atoms with Crippen LogP contribution in [-0.4, -0.2) is 0 Å². The van der Waals surface area contributed by atoms with Crippen LogP contribution in [0.3, 0.4) is 0 Å². The topological polar surface area (TPSA) is 9.23 Å². The van der Waals surface area contributed by atoms with Gasteiger partial charge in [0.05, 0.1) is 12.5 Å². The van der Waals surface area contributed by atoms with E-state index in [1.807, 2.05) is 6.08 Å². The van der Waals surface area contributed by atoms with Crippen molar-refractivity contribution in [1.29, 1.82) is 0 Å². The van der Waals surface area contributed by atoms with E-state index in [1.54, 1.807) is 6.26 Å². The second-order valence-electron chi connectivity index (χ2n) is 2.95. The second-order valence-corrected chi connectivity index (χ2v) is 2.95. The van der Waals surface area contributed by atoms with Crippen LogP contribution in [-0.2, 0) is 4.74 Å². The monoisotopic (exact) mass is 140 g/mol. The summed E-state index contributed by atoms with van der Waals surface area (Å²) in [5, 5.41) is 0. The summed E-state index contributed by atoms with van der Waals surface area (Å²) in [4.78, 5) is 0. The molecule has 0 aromatic carbocycles. The summed E-state index contributed by atoms with van der Waals surface area (Å²) < 4.78 is 4.85. The summed E-state index contributed by atoms with van der Waals surface area (Å²) in [6.07, 6.45) is 6.25. The largest absolute Gasteiger partial charge is 0.474 e. The Kier molecular flexibility index (Phi) is 3.85. The molecule has 1 heteroatoms. The predicted octanol–water partition coefficient (Wildman–Crippen LogP) is 3.10. The van der Waals surface area contributed by atoms with Crippen molar-refractivity contribution in [3.05, 3.63) is 25.2 Å². The molecule has 1 nitrogen and oxygen atoms in total. The Hall–Kier alpha value is -0.720. The van der Waals surface area contributed by atoms with Crippen LogP contribution in [0.5, 0.6) is 0 Å². The minimum Gasteiger partial charge on any atom is -0.474 e. The maximum absolute atomic E-state index is 4.85. The molecule has 0 heterocycles. The Labute approximate surface area is 63.4 Å². The van der Waals surface area contributed by atoms with E-state index in [0.717, 1.165) is 6.42 Å². The van der Waals surface area contributed by atoms with E-state index in [9.17, 15) is 0 Å². The molecule has 0 amide bonds. The lowest BCUT2D eigenvalue weighted by Crippen LogP contribution is -2.03. The van der Waals surface area contributed by atoms with E-state index in [1.165, 1.54) is 6.26 Å². The van der Waals surface area contributed by atoms with Crippen molar-refractivity contribution < 1.29 is 4.74 Å². The summed E-state index contributed by atoms with van der Waals surface area (Å²) in [7, 11) is 0. The van der Waals surface area contributed by atoms with E-state index in [4.69, 9.17) is 4.74 Å². The molecule has 0 fully saturated rings. The molecule has 0 aliphatic heterocycles. The fourth-order valence-corrected chi connectivity index (χ4v) is 0.397. The third-order valence-electron chi connectivity index (χ3n) is 1.61. The first kappa shape index (κ1) is 9.28. The maximum atomic E-state index is 4.85. The summed E-state index contributed by atoms with van der Waals surface area (Å²) in [6, 6.07) is 0. The van der Waals surface area contributed by atoms with Gasteiger partial charge in [-0.1, -0.05) is 27.4 Å². The van der Waals surface area contributed by atoms with Crippen molar-refractivity contribution >= 4 is 0 Å². The first-order valence-electron chi connectivity index (χ1n) is 3.56. The van der Waals surface area contributed by atoms with Crippen molar-refractivity contribution in [2.24, 2.45) is 5.41 Å². The third-order valence-corrected chi connectivity index (χ3v) is 1.61. The smallest absolute Gasteiger partial charge is 0.0866 e. The molecular weight excluding hydrogens is 124 g/mol. The maximum Gasteiger partial charge on any atom is 0.0866 e. The van der Waals surface area contributed by atoms with E-state index < -0.39 is 0 Å². The van der Waals surface area contributed by atoms with Gasteiger partial charge < -0.3 is 4.74 Å². The molecule has 0 bridgehead atoms. The zero-order chi connectivity index (χ0) is 8.04. The minimum atomic E-state index is 0.239. The van der Waals surface area contributed by atoms with Crippen LogP contribution in [0.25, 0.3) is 0 Å². The van der Waals surface area contributed by atoms with Gasteiger partial charge in [0.15, 0.2) is 0 Å². The van der Waals surface area contributed by atoms with Crippen LogP contribution in [0.15, 0.2) is 25.2 Å². The molecule has 0 rings (SSSR count). The molecule has 0 spiro atoms. The molecule has 0 N–H and O–H groups in total. The number of ether oxygens (including phenoxy) is 1. The number of hydrogen-bond donors (Lipinski definition) is 0. The molecule has 0 unspecified atom stereocenters. The van der Waals surface area contributed by atoms with Gasteiger partial charge in [-0.05, 0) is 17.9 Å². The van der Waals surface area contributed by atoms with Crippen LogP contribution in [0.4, 0.5) is 0 Å². The fourth-order valence-electron chi connectivity index (χ4n) is 0.397. The molecule has 10 heavy (non-hydrogen) atoms. The van der Waals surface area contributed by atoms with E-state index in [-0.39, 0.29) is 5.41 Å². The van der Waals surface area contributed by atoms with E-state index in [0.29, 0.717) is 0 Å². The Morgan fingerprint density at radius 3 is 2.50 bits per heavy atom. The molecule has 0 aliphatic carbocycles. The normalized spacial score (nSPS) is 11.9. The summed E-state index contributed by atoms with van der Waals surface area (Å²) in [5.41, 5.74) is 0.239. The Morgan fingerprint density at radius 1 is 1.50 bits per heavy atom. The lowest BCUT2D eigenvalue weighted by Gasteiger charge is -2.15. The summed E-state index contributed by atoms with van der Waals surface area (Å²) in [6.45, 7) is 9.91. The summed E-state index contributed by atoms with van der Waals surface area (Å²) in [5.74, 6) is 0. The standard InChI is InChI=1S/C9H16O/c1-5-9(3,4)7-8-10-6-2/h6-8H,2,5H2,1,3-4H3.